The van der Waals surface area contributed by atoms with E-state index in [4.69, 9.17) is 14.2 Å². The van der Waals surface area contributed by atoms with Crippen LogP contribution in [-0.2, 0) is 29.1 Å². The van der Waals surface area contributed by atoms with E-state index in [2.05, 4.69) is 15.0 Å². The summed E-state index contributed by atoms with van der Waals surface area (Å²) in [6, 6.07) is 4.90. The zero-order chi connectivity index (χ0) is 41.6. The number of halogens is 1. The molecule has 0 bridgehead atoms. The van der Waals surface area contributed by atoms with Gasteiger partial charge >= 0.3 is 6.09 Å². The van der Waals surface area contributed by atoms with E-state index in [1.807, 2.05) is 51.1 Å². The van der Waals surface area contributed by atoms with Crippen molar-refractivity contribution in [3.63, 3.8) is 0 Å². The second kappa shape index (κ2) is 15.9. The lowest BCUT2D eigenvalue weighted by Crippen LogP contribution is -2.64. The zero-order valence-corrected chi connectivity index (χ0v) is 34.3. The molecule has 58 heavy (non-hydrogen) atoms. The van der Waals surface area contributed by atoms with Gasteiger partial charge in [0, 0.05) is 41.9 Å². The molecule has 2 aliphatic carbocycles. The Bertz CT molecular complexity index is 2070. The first-order valence-corrected chi connectivity index (χ1v) is 21.7. The Morgan fingerprint density at radius 3 is 2.48 bits per heavy atom. The number of carboxylic acid groups (broad SMARTS) is 1. The average Bonchev–Trinajstić information content (AvgIpc) is 4.10. The number of rotatable bonds is 9. The van der Waals surface area contributed by atoms with Crippen LogP contribution >= 0.6 is 0 Å². The predicted octanol–water partition coefficient (Wildman–Crippen LogP) is 4.34. The first kappa shape index (κ1) is 41.6. The van der Waals surface area contributed by atoms with Crippen LogP contribution in [0.25, 0.3) is 10.8 Å². The van der Waals surface area contributed by atoms with Crippen LogP contribution in [-0.4, -0.2) is 120 Å². The Hall–Kier alpha value is -4.51. The molecule has 7 atom stereocenters. The average molecular weight is 828 g/mol. The standard InChI is InChI=1S/C41H54FN5O10S/c1-25-9-5-6-10-27-21-41(27,37(50)45-58(53,54)40(24-42)13-14-40)44-34(48)31-20-28(57-35-30-12-8-7-11-29(30)32(55-4)22-43-35)23-46(31)36(49)33(26(2)19-25)47(38(51)52)39(3)15-17-56-18-16-39/h6-8,10-12,22,25-28,31,33H,5,9,13-21,23-24H2,1-4H3,(H,44,48)(H,45,50)(H,51,52)/t25-,26+,27+,28+,31-,33-,41+/m0/s1. The number of allylic oxidation sites excluding steroid dienone is 1. The number of carbonyl (C=O) groups is 4. The summed E-state index contributed by atoms with van der Waals surface area (Å²) >= 11 is 0. The van der Waals surface area contributed by atoms with E-state index in [0.29, 0.717) is 56.5 Å². The van der Waals surface area contributed by atoms with E-state index in [0.717, 1.165) is 5.39 Å². The van der Waals surface area contributed by atoms with Gasteiger partial charge < -0.3 is 29.5 Å². The fourth-order valence-electron chi connectivity index (χ4n) is 9.19. The van der Waals surface area contributed by atoms with Crippen LogP contribution in [0, 0.1) is 17.8 Å². The van der Waals surface area contributed by atoms with E-state index < -0.39 is 86.4 Å². The number of benzene rings is 1. The van der Waals surface area contributed by atoms with Gasteiger partial charge in [0.1, 0.15) is 40.9 Å². The number of hydrogen-bond donors (Lipinski definition) is 3. The third-order valence-electron chi connectivity index (χ3n) is 13.1. The van der Waals surface area contributed by atoms with Crippen LogP contribution in [0.5, 0.6) is 11.6 Å². The van der Waals surface area contributed by atoms with Crippen molar-refractivity contribution in [3.8, 4) is 11.6 Å². The zero-order valence-electron chi connectivity index (χ0n) is 33.4. The Balaban J connectivity index is 1.28. The molecule has 3 aliphatic heterocycles. The van der Waals surface area contributed by atoms with Crippen molar-refractivity contribution in [3.05, 3.63) is 42.6 Å². The fourth-order valence-corrected chi connectivity index (χ4v) is 10.6. The first-order chi connectivity index (χ1) is 27.6. The molecular weight excluding hydrogens is 774 g/mol. The number of methoxy groups -OCH3 is 1. The summed E-state index contributed by atoms with van der Waals surface area (Å²) < 4.78 is 58.4. The molecule has 4 fully saturated rings. The Morgan fingerprint density at radius 1 is 1.12 bits per heavy atom. The van der Waals surface area contributed by atoms with Crippen molar-refractivity contribution in [2.45, 2.75) is 113 Å². The van der Waals surface area contributed by atoms with Crippen LogP contribution in [0.3, 0.4) is 0 Å². The maximum Gasteiger partial charge on any atom is 0.408 e. The maximum absolute atomic E-state index is 15.3. The van der Waals surface area contributed by atoms with Gasteiger partial charge in [-0.1, -0.05) is 44.2 Å². The summed E-state index contributed by atoms with van der Waals surface area (Å²) in [6.07, 6.45) is 5.89. The van der Waals surface area contributed by atoms with Crippen LogP contribution in [0.4, 0.5) is 9.18 Å². The molecule has 4 heterocycles. The molecule has 1 aromatic heterocycles. The van der Waals surface area contributed by atoms with Crippen molar-refractivity contribution >= 4 is 44.6 Å². The minimum absolute atomic E-state index is 0.0449. The van der Waals surface area contributed by atoms with Crippen LogP contribution in [0.1, 0.15) is 78.6 Å². The van der Waals surface area contributed by atoms with Gasteiger partial charge in [0.2, 0.25) is 27.7 Å². The molecule has 4 amide bonds. The number of fused-ring (bicyclic) bond motifs is 3. The lowest BCUT2D eigenvalue weighted by molar-refractivity contribution is -0.148. The van der Waals surface area contributed by atoms with Gasteiger partial charge in [0.05, 0.1) is 19.9 Å². The van der Waals surface area contributed by atoms with Crippen LogP contribution in [0.15, 0.2) is 42.6 Å². The highest BCUT2D eigenvalue weighted by Crippen LogP contribution is 2.48. The number of hydrogen-bond acceptors (Lipinski definition) is 10. The van der Waals surface area contributed by atoms with Gasteiger partial charge in [0.25, 0.3) is 5.91 Å². The molecule has 0 unspecified atom stereocenters. The summed E-state index contributed by atoms with van der Waals surface area (Å²) in [7, 11) is -2.88. The molecule has 17 heteroatoms. The molecule has 3 N–H and O–H groups in total. The largest absolute Gasteiger partial charge is 0.494 e. The van der Waals surface area contributed by atoms with Crippen molar-refractivity contribution in [2.75, 3.05) is 33.5 Å². The number of nitrogens with zero attached hydrogens (tertiary/aromatic N) is 3. The second-order valence-corrected chi connectivity index (χ2v) is 19.3. The third kappa shape index (κ3) is 7.71. The number of aromatic nitrogens is 1. The number of carbonyl (C=O) groups excluding carboxylic acids is 3. The summed E-state index contributed by atoms with van der Waals surface area (Å²) in [4.78, 5) is 64.5. The highest BCUT2D eigenvalue weighted by Gasteiger charge is 2.64. The fraction of sp³-hybridized carbons (Fsp3) is 0.634. The summed E-state index contributed by atoms with van der Waals surface area (Å²) in [5, 5.41) is 15.1. The first-order valence-electron chi connectivity index (χ1n) is 20.2. The lowest BCUT2D eigenvalue weighted by atomic mass is 9.82. The highest BCUT2D eigenvalue weighted by molar-refractivity contribution is 7.91. The van der Waals surface area contributed by atoms with Crippen LogP contribution in [0.2, 0.25) is 0 Å². The number of nitrogens with one attached hydrogen (secondary N) is 2. The predicted molar refractivity (Wildman–Crippen MR) is 210 cm³/mol. The van der Waals surface area contributed by atoms with E-state index in [-0.39, 0.29) is 44.0 Å². The van der Waals surface area contributed by atoms with E-state index in [1.54, 1.807) is 6.08 Å². The summed E-state index contributed by atoms with van der Waals surface area (Å²) in [5.41, 5.74) is -2.63. The molecule has 2 saturated heterocycles. The molecule has 2 saturated carbocycles. The van der Waals surface area contributed by atoms with Gasteiger partial charge in [-0.3, -0.25) is 24.0 Å². The third-order valence-corrected chi connectivity index (χ3v) is 15.2. The number of pyridine rings is 1. The highest BCUT2D eigenvalue weighted by atomic mass is 32.2. The molecule has 0 spiro atoms. The molecule has 15 nitrogen and oxygen atoms in total. The molecule has 2 aromatic rings. The van der Waals surface area contributed by atoms with Gasteiger partial charge in [-0.05, 0) is 76.2 Å². The molecule has 316 valence electrons. The number of ether oxygens (including phenoxy) is 3. The SMILES string of the molecule is COc1cnc(O[C@@H]2C[C@H]3C(=O)N[C@]4(C(=O)NS(=O)(=O)C5(CF)CC5)C[C@H]4C=CCC[C@H](C)C[C@@H](C)[C@H](N(C(=O)O)C4(C)CCOCC4)C(=O)N3C2)c2ccccc12. The Labute approximate surface area is 338 Å². The van der Waals surface area contributed by atoms with E-state index in [9.17, 15) is 32.3 Å². The normalized spacial score (nSPS) is 30.8. The smallest absolute Gasteiger partial charge is 0.408 e. The lowest BCUT2D eigenvalue weighted by Gasteiger charge is -2.48. The van der Waals surface area contributed by atoms with Crippen molar-refractivity contribution in [2.24, 2.45) is 17.8 Å². The second-order valence-electron chi connectivity index (χ2n) is 17.2. The quantitative estimate of drug-likeness (QED) is 0.305. The molecule has 7 rings (SSSR count). The molecule has 5 aliphatic rings. The Morgan fingerprint density at radius 2 is 1.83 bits per heavy atom. The number of alkyl halides is 1. The van der Waals surface area contributed by atoms with Gasteiger partial charge in [-0.15, -0.1) is 0 Å². The minimum Gasteiger partial charge on any atom is -0.494 e. The monoisotopic (exact) mass is 827 g/mol. The molecule has 1 aromatic carbocycles. The van der Waals surface area contributed by atoms with E-state index in [1.165, 1.54) is 23.1 Å². The van der Waals surface area contributed by atoms with Gasteiger partial charge in [-0.25, -0.2) is 22.6 Å². The minimum atomic E-state index is -4.41. The van der Waals surface area contributed by atoms with Crippen molar-refractivity contribution < 1.29 is 51.3 Å². The van der Waals surface area contributed by atoms with Gasteiger partial charge in [0.15, 0.2) is 0 Å². The van der Waals surface area contributed by atoms with Crippen molar-refractivity contribution in [1.82, 2.24) is 24.8 Å². The maximum atomic E-state index is 15.3. The number of sulfonamides is 1. The van der Waals surface area contributed by atoms with Crippen molar-refractivity contribution in [1.29, 1.82) is 0 Å². The van der Waals surface area contributed by atoms with E-state index >= 15 is 4.79 Å². The van der Waals surface area contributed by atoms with Crippen LogP contribution < -0.4 is 19.5 Å². The number of amides is 4. The summed E-state index contributed by atoms with van der Waals surface area (Å²) in [6.45, 7) is 5.13. The summed E-state index contributed by atoms with van der Waals surface area (Å²) in [5.74, 6) is -2.48. The Kier molecular flexibility index (Phi) is 11.4. The topological polar surface area (TPSA) is 194 Å². The molecule has 0 radical (unpaired) electrons. The van der Waals surface area contributed by atoms with Gasteiger partial charge in [-0.2, -0.15) is 0 Å². The molecular formula is C41H54FN5O10S.